The number of hydrogen-bond donors (Lipinski definition) is 0. The standard InChI is InChI=1S/C16H15O3/c17-13-18-11-10-14-6-8-16(9-7-14)19-12-15-4-2-1-3-5-15/h1-9H,10-12H2. The van der Waals surface area contributed by atoms with E-state index in [-0.39, 0.29) is 0 Å². The van der Waals surface area contributed by atoms with Crippen molar-refractivity contribution >= 4 is 6.47 Å². The van der Waals surface area contributed by atoms with Gasteiger partial charge in [-0.3, -0.25) is 0 Å². The molecule has 0 heterocycles. The third-order valence-corrected chi connectivity index (χ3v) is 2.72. The van der Waals surface area contributed by atoms with Gasteiger partial charge in [-0.25, -0.2) is 4.79 Å². The van der Waals surface area contributed by atoms with Crippen LogP contribution in [0.4, 0.5) is 0 Å². The Labute approximate surface area is 112 Å². The van der Waals surface area contributed by atoms with E-state index in [0.29, 0.717) is 19.6 Å². The van der Waals surface area contributed by atoms with E-state index in [9.17, 15) is 4.79 Å². The molecule has 0 aliphatic rings. The highest BCUT2D eigenvalue weighted by molar-refractivity contribution is 5.38. The van der Waals surface area contributed by atoms with Gasteiger partial charge in [-0.05, 0) is 23.3 Å². The van der Waals surface area contributed by atoms with Crippen LogP contribution in [0.1, 0.15) is 11.1 Å². The Morgan fingerprint density at radius 2 is 1.63 bits per heavy atom. The molecule has 0 unspecified atom stereocenters. The van der Waals surface area contributed by atoms with Crippen molar-refractivity contribution < 1.29 is 14.3 Å². The van der Waals surface area contributed by atoms with Gasteiger partial charge in [0.15, 0.2) is 0 Å². The number of ether oxygens (including phenoxy) is 2. The highest BCUT2D eigenvalue weighted by Gasteiger charge is 1.97. The van der Waals surface area contributed by atoms with Crippen molar-refractivity contribution in [3.05, 3.63) is 65.7 Å². The van der Waals surface area contributed by atoms with Gasteiger partial charge in [0.05, 0.1) is 6.61 Å². The molecule has 3 heteroatoms. The lowest BCUT2D eigenvalue weighted by Gasteiger charge is -2.07. The Morgan fingerprint density at radius 3 is 2.32 bits per heavy atom. The van der Waals surface area contributed by atoms with Gasteiger partial charge in [-0.2, -0.15) is 0 Å². The van der Waals surface area contributed by atoms with Crippen LogP contribution in [0.5, 0.6) is 5.75 Å². The molecule has 0 atom stereocenters. The van der Waals surface area contributed by atoms with Gasteiger partial charge < -0.3 is 9.47 Å². The van der Waals surface area contributed by atoms with E-state index in [4.69, 9.17) is 4.74 Å². The van der Waals surface area contributed by atoms with Crippen LogP contribution in [0, 0.1) is 0 Å². The summed E-state index contributed by atoms with van der Waals surface area (Å²) in [5, 5.41) is 0. The topological polar surface area (TPSA) is 35.5 Å². The van der Waals surface area contributed by atoms with Crippen LogP contribution in [0.2, 0.25) is 0 Å². The maximum Gasteiger partial charge on any atom is 0.417 e. The molecule has 0 fully saturated rings. The van der Waals surface area contributed by atoms with Crippen molar-refractivity contribution in [1.29, 1.82) is 0 Å². The number of benzene rings is 2. The minimum absolute atomic E-state index is 0.355. The molecule has 3 nitrogen and oxygen atoms in total. The second-order valence-electron chi connectivity index (χ2n) is 4.10. The summed E-state index contributed by atoms with van der Waals surface area (Å²) >= 11 is 0. The van der Waals surface area contributed by atoms with Gasteiger partial charge in [0.2, 0.25) is 0 Å². The lowest BCUT2D eigenvalue weighted by molar-refractivity contribution is 0.281. The molecule has 0 aliphatic carbocycles. The van der Waals surface area contributed by atoms with Gasteiger partial charge in [-0.1, -0.05) is 42.5 Å². The van der Waals surface area contributed by atoms with Crippen LogP contribution in [0.25, 0.3) is 0 Å². The maximum absolute atomic E-state index is 9.90. The Morgan fingerprint density at radius 1 is 0.895 bits per heavy atom. The van der Waals surface area contributed by atoms with Crippen molar-refractivity contribution in [2.75, 3.05) is 6.61 Å². The SMILES string of the molecule is O=[C]OCCc1ccc(OCc2ccccc2)cc1. The predicted molar refractivity (Wildman–Crippen MR) is 72.6 cm³/mol. The lowest BCUT2D eigenvalue weighted by Crippen LogP contribution is -1.97. The van der Waals surface area contributed by atoms with Crippen LogP contribution >= 0.6 is 0 Å². The molecule has 0 saturated carbocycles. The van der Waals surface area contributed by atoms with Gasteiger partial charge in [0.1, 0.15) is 12.4 Å². The molecule has 0 spiro atoms. The maximum atomic E-state index is 9.90. The van der Waals surface area contributed by atoms with Crippen LogP contribution in [0.15, 0.2) is 54.6 Å². The minimum Gasteiger partial charge on any atom is -0.489 e. The number of hydrogen-bond acceptors (Lipinski definition) is 3. The summed E-state index contributed by atoms with van der Waals surface area (Å²) in [7, 11) is 0. The first kappa shape index (κ1) is 13.1. The molecule has 19 heavy (non-hydrogen) atoms. The summed E-state index contributed by atoms with van der Waals surface area (Å²) < 4.78 is 10.2. The van der Waals surface area contributed by atoms with E-state index in [1.54, 1.807) is 0 Å². The molecular weight excluding hydrogens is 240 g/mol. The summed E-state index contributed by atoms with van der Waals surface area (Å²) in [6.07, 6.45) is 0.689. The second kappa shape index (κ2) is 7.21. The summed E-state index contributed by atoms with van der Waals surface area (Å²) in [4.78, 5) is 9.90. The molecule has 2 rings (SSSR count). The van der Waals surface area contributed by atoms with Crippen molar-refractivity contribution in [1.82, 2.24) is 0 Å². The highest BCUT2D eigenvalue weighted by Crippen LogP contribution is 2.14. The summed E-state index contributed by atoms with van der Waals surface area (Å²) in [5.74, 6) is 0.829. The quantitative estimate of drug-likeness (QED) is 0.714. The van der Waals surface area contributed by atoms with Crippen LogP contribution in [-0.2, 0) is 22.6 Å². The average Bonchev–Trinajstić information content (AvgIpc) is 2.48. The fourth-order valence-electron chi connectivity index (χ4n) is 1.70. The van der Waals surface area contributed by atoms with E-state index in [2.05, 4.69) is 4.74 Å². The van der Waals surface area contributed by atoms with Gasteiger partial charge in [0.25, 0.3) is 0 Å². The summed E-state index contributed by atoms with van der Waals surface area (Å²) in [6.45, 7) is 2.33. The van der Waals surface area contributed by atoms with E-state index in [0.717, 1.165) is 16.9 Å². The molecule has 2 aromatic carbocycles. The molecule has 0 aromatic heterocycles. The normalized spacial score (nSPS) is 9.89. The first-order valence-corrected chi connectivity index (χ1v) is 6.13. The molecule has 0 saturated heterocycles. The van der Waals surface area contributed by atoms with Crippen molar-refractivity contribution in [3.8, 4) is 5.75 Å². The first-order chi connectivity index (χ1) is 9.38. The zero-order valence-corrected chi connectivity index (χ0v) is 10.5. The number of carbonyl (C=O) groups excluding carboxylic acids is 1. The molecule has 97 valence electrons. The van der Waals surface area contributed by atoms with Crippen molar-refractivity contribution in [2.24, 2.45) is 0 Å². The predicted octanol–water partition coefficient (Wildman–Crippen LogP) is 2.89. The Kier molecular flexibility index (Phi) is 4.99. The van der Waals surface area contributed by atoms with Crippen LogP contribution < -0.4 is 4.74 Å². The zero-order valence-electron chi connectivity index (χ0n) is 10.5. The Balaban J connectivity index is 1.83. The van der Waals surface area contributed by atoms with E-state index < -0.39 is 0 Å². The van der Waals surface area contributed by atoms with Gasteiger partial charge >= 0.3 is 6.47 Å². The summed E-state index contributed by atoms with van der Waals surface area (Å²) in [6, 6.07) is 17.8. The molecule has 0 aliphatic heterocycles. The van der Waals surface area contributed by atoms with E-state index in [1.165, 1.54) is 6.47 Å². The Hall–Kier alpha value is -2.29. The van der Waals surface area contributed by atoms with E-state index >= 15 is 0 Å². The van der Waals surface area contributed by atoms with Gasteiger partial charge in [0, 0.05) is 6.42 Å². The van der Waals surface area contributed by atoms with Gasteiger partial charge in [-0.15, -0.1) is 0 Å². The summed E-state index contributed by atoms with van der Waals surface area (Å²) in [5.41, 5.74) is 2.24. The minimum atomic E-state index is 0.355. The molecule has 0 N–H and O–H groups in total. The number of rotatable bonds is 7. The first-order valence-electron chi connectivity index (χ1n) is 6.13. The molecule has 1 radical (unpaired) electrons. The van der Waals surface area contributed by atoms with Crippen LogP contribution in [-0.4, -0.2) is 13.1 Å². The molecule has 0 amide bonds. The smallest absolute Gasteiger partial charge is 0.417 e. The van der Waals surface area contributed by atoms with Crippen molar-refractivity contribution in [3.63, 3.8) is 0 Å². The second-order valence-corrected chi connectivity index (χ2v) is 4.10. The largest absolute Gasteiger partial charge is 0.489 e. The van der Waals surface area contributed by atoms with E-state index in [1.807, 2.05) is 54.6 Å². The highest BCUT2D eigenvalue weighted by atomic mass is 16.5. The monoisotopic (exact) mass is 255 g/mol. The fourth-order valence-corrected chi connectivity index (χ4v) is 1.70. The third-order valence-electron chi connectivity index (χ3n) is 2.72. The molecule has 2 aromatic rings. The molecular formula is C16H15O3. The van der Waals surface area contributed by atoms with Crippen molar-refractivity contribution in [2.45, 2.75) is 13.0 Å². The van der Waals surface area contributed by atoms with Crippen LogP contribution in [0.3, 0.4) is 0 Å². The zero-order chi connectivity index (χ0) is 13.3. The molecule has 0 bridgehead atoms. The average molecular weight is 255 g/mol. The fraction of sp³-hybridized carbons (Fsp3) is 0.188. The third kappa shape index (κ3) is 4.47. The Bertz CT molecular complexity index is 491. The lowest BCUT2D eigenvalue weighted by atomic mass is 10.1.